The topological polar surface area (TPSA) is 75.3 Å². The fourth-order valence-electron chi connectivity index (χ4n) is 2.71. The zero-order valence-corrected chi connectivity index (χ0v) is 18.8. The Kier molecular flexibility index (Phi) is 6.93. The third-order valence-electron chi connectivity index (χ3n) is 4.26. The molecule has 0 heterocycles. The van der Waals surface area contributed by atoms with E-state index in [0.29, 0.717) is 16.4 Å². The lowest BCUT2D eigenvalue weighted by atomic mass is 10.1. The highest BCUT2D eigenvalue weighted by Gasteiger charge is 2.16. The van der Waals surface area contributed by atoms with Gasteiger partial charge in [0, 0.05) is 26.4 Å². The molecular formula is C21H17Cl3N2O3S. The number of amides is 1. The Morgan fingerprint density at radius 2 is 1.57 bits per heavy atom. The highest BCUT2D eigenvalue weighted by Crippen LogP contribution is 2.25. The summed E-state index contributed by atoms with van der Waals surface area (Å²) in [5, 5.41) is 3.84. The molecule has 0 aliphatic rings. The standard InChI is InChI=1S/C21H17Cl3N2O3S/c1-13-19(24)3-2-4-20(13)25-21(27)9-14-5-7-17(8-6-14)26-30(28,29)18-11-15(22)10-16(23)12-18/h2-8,10-12,26H,9H2,1H3,(H,25,27). The largest absolute Gasteiger partial charge is 0.326 e. The Hall–Kier alpha value is -2.25. The maximum atomic E-state index is 12.5. The van der Waals surface area contributed by atoms with E-state index in [1.54, 1.807) is 42.5 Å². The third-order valence-corrected chi connectivity index (χ3v) is 6.47. The van der Waals surface area contributed by atoms with Gasteiger partial charge in [0.15, 0.2) is 0 Å². The van der Waals surface area contributed by atoms with Crippen LogP contribution in [0.25, 0.3) is 0 Å². The Labute approximate surface area is 190 Å². The third kappa shape index (κ3) is 5.67. The van der Waals surface area contributed by atoms with Gasteiger partial charge in [0.1, 0.15) is 0 Å². The Bertz CT molecular complexity index is 1180. The lowest BCUT2D eigenvalue weighted by Gasteiger charge is -2.11. The van der Waals surface area contributed by atoms with Gasteiger partial charge in [-0.15, -0.1) is 0 Å². The number of carbonyl (C=O) groups is 1. The molecule has 5 nitrogen and oxygen atoms in total. The van der Waals surface area contributed by atoms with Gasteiger partial charge in [-0.05, 0) is 60.5 Å². The van der Waals surface area contributed by atoms with E-state index in [1.165, 1.54) is 18.2 Å². The van der Waals surface area contributed by atoms with Crippen molar-refractivity contribution < 1.29 is 13.2 Å². The molecule has 30 heavy (non-hydrogen) atoms. The summed E-state index contributed by atoms with van der Waals surface area (Å²) in [6, 6.07) is 15.9. The van der Waals surface area contributed by atoms with Crippen LogP contribution in [0.3, 0.4) is 0 Å². The monoisotopic (exact) mass is 482 g/mol. The van der Waals surface area contributed by atoms with Gasteiger partial charge in [-0.3, -0.25) is 9.52 Å². The van der Waals surface area contributed by atoms with Crippen LogP contribution in [0.15, 0.2) is 65.6 Å². The molecule has 0 radical (unpaired) electrons. The molecule has 0 saturated heterocycles. The molecule has 3 aromatic rings. The number of nitrogens with one attached hydrogen (secondary N) is 2. The number of anilines is 2. The SMILES string of the molecule is Cc1c(Cl)cccc1NC(=O)Cc1ccc(NS(=O)(=O)c2cc(Cl)cc(Cl)c2)cc1. The van der Waals surface area contributed by atoms with E-state index in [-0.39, 0.29) is 27.3 Å². The average molecular weight is 484 g/mol. The Balaban J connectivity index is 1.67. The van der Waals surface area contributed by atoms with Crippen LogP contribution >= 0.6 is 34.8 Å². The number of carbonyl (C=O) groups excluding carboxylic acids is 1. The molecule has 0 spiro atoms. The van der Waals surface area contributed by atoms with Crippen molar-refractivity contribution in [1.82, 2.24) is 0 Å². The maximum Gasteiger partial charge on any atom is 0.261 e. The summed E-state index contributed by atoms with van der Waals surface area (Å²) in [5.41, 5.74) is 2.51. The minimum atomic E-state index is -3.85. The quantitative estimate of drug-likeness (QED) is 0.456. The first-order chi connectivity index (χ1) is 14.1. The Morgan fingerprint density at radius 1 is 0.933 bits per heavy atom. The van der Waals surface area contributed by atoms with Gasteiger partial charge in [-0.25, -0.2) is 8.42 Å². The molecular weight excluding hydrogens is 467 g/mol. The molecule has 0 fully saturated rings. The number of benzene rings is 3. The predicted molar refractivity (Wildman–Crippen MR) is 122 cm³/mol. The fourth-order valence-corrected chi connectivity index (χ4v) is 4.67. The van der Waals surface area contributed by atoms with Crippen molar-refractivity contribution in [3.05, 3.63) is 86.9 Å². The lowest BCUT2D eigenvalue weighted by molar-refractivity contribution is -0.115. The zero-order chi connectivity index (χ0) is 21.9. The second-order valence-electron chi connectivity index (χ2n) is 6.54. The van der Waals surface area contributed by atoms with Crippen molar-refractivity contribution in [2.75, 3.05) is 10.0 Å². The van der Waals surface area contributed by atoms with Gasteiger partial charge in [0.2, 0.25) is 5.91 Å². The van der Waals surface area contributed by atoms with E-state index in [0.717, 1.165) is 11.1 Å². The molecule has 0 aliphatic carbocycles. The van der Waals surface area contributed by atoms with Gasteiger partial charge < -0.3 is 5.32 Å². The van der Waals surface area contributed by atoms with Crippen molar-refractivity contribution in [3.8, 4) is 0 Å². The first kappa shape index (κ1) is 22.4. The smallest absolute Gasteiger partial charge is 0.261 e. The van der Waals surface area contributed by atoms with Crippen molar-refractivity contribution in [2.24, 2.45) is 0 Å². The second kappa shape index (κ2) is 9.27. The maximum absolute atomic E-state index is 12.5. The summed E-state index contributed by atoms with van der Waals surface area (Å²) < 4.78 is 27.5. The van der Waals surface area contributed by atoms with Crippen LogP contribution in [0, 0.1) is 6.92 Å². The summed E-state index contributed by atoms with van der Waals surface area (Å²) in [7, 11) is -3.85. The molecule has 2 N–H and O–H groups in total. The molecule has 3 rings (SSSR count). The van der Waals surface area contributed by atoms with Crippen LogP contribution in [0.5, 0.6) is 0 Å². The first-order valence-corrected chi connectivity index (χ1v) is 11.4. The average Bonchev–Trinajstić information content (AvgIpc) is 2.66. The van der Waals surface area contributed by atoms with E-state index >= 15 is 0 Å². The predicted octanol–water partition coefficient (Wildman–Crippen LogP) is 5.94. The molecule has 0 unspecified atom stereocenters. The van der Waals surface area contributed by atoms with Crippen LogP contribution in [-0.2, 0) is 21.2 Å². The molecule has 0 saturated carbocycles. The zero-order valence-electron chi connectivity index (χ0n) is 15.7. The van der Waals surface area contributed by atoms with E-state index in [2.05, 4.69) is 10.0 Å². The molecule has 0 bridgehead atoms. The highest BCUT2D eigenvalue weighted by molar-refractivity contribution is 7.92. The molecule has 0 aromatic heterocycles. The minimum absolute atomic E-state index is 0.0413. The molecule has 156 valence electrons. The number of halogens is 3. The second-order valence-corrected chi connectivity index (χ2v) is 9.51. The van der Waals surface area contributed by atoms with Gasteiger partial charge in [0.05, 0.1) is 11.3 Å². The van der Waals surface area contributed by atoms with Crippen LogP contribution < -0.4 is 10.0 Å². The van der Waals surface area contributed by atoms with Crippen LogP contribution in [-0.4, -0.2) is 14.3 Å². The Morgan fingerprint density at radius 3 is 2.20 bits per heavy atom. The van der Waals surface area contributed by atoms with Crippen molar-refractivity contribution >= 4 is 62.1 Å². The van der Waals surface area contributed by atoms with Gasteiger partial charge >= 0.3 is 0 Å². The van der Waals surface area contributed by atoms with Crippen LogP contribution in [0.4, 0.5) is 11.4 Å². The van der Waals surface area contributed by atoms with Crippen LogP contribution in [0.2, 0.25) is 15.1 Å². The van der Waals surface area contributed by atoms with Gasteiger partial charge in [-0.1, -0.05) is 53.0 Å². The molecule has 0 atom stereocenters. The summed E-state index contributed by atoms with van der Waals surface area (Å²) >= 11 is 17.8. The van der Waals surface area contributed by atoms with Gasteiger partial charge in [-0.2, -0.15) is 0 Å². The normalized spacial score (nSPS) is 11.2. The molecule has 0 aliphatic heterocycles. The van der Waals surface area contributed by atoms with Crippen molar-refractivity contribution in [3.63, 3.8) is 0 Å². The van der Waals surface area contributed by atoms with E-state index < -0.39 is 10.0 Å². The van der Waals surface area contributed by atoms with Crippen molar-refractivity contribution in [2.45, 2.75) is 18.2 Å². The van der Waals surface area contributed by atoms with E-state index in [4.69, 9.17) is 34.8 Å². The minimum Gasteiger partial charge on any atom is -0.326 e. The molecule has 1 amide bonds. The first-order valence-electron chi connectivity index (χ1n) is 8.77. The summed E-state index contributed by atoms with van der Waals surface area (Å²) in [6.45, 7) is 1.83. The number of rotatable bonds is 6. The summed E-state index contributed by atoms with van der Waals surface area (Å²) in [4.78, 5) is 12.3. The number of hydrogen-bond donors (Lipinski definition) is 2. The fraction of sp³-hybridized carbons (Fsp3) is 0.0952. The number of sulfonamides is 1. The van der Waals surface area contributed by atoms with Crippen LogP contribution in [0.1, 0.15) is 11.1 Å². The number of hydrogen-bond acceptors (Lipinski definition) is 3. The summed E-state index contributed by atoms with van der Waals surface area (Å²) in [6.07, 6.45) is 0.128. The van der Waals surface area contributed by atoms with E-state index in [1.807, 2.05) is 6.92 Å². The van der Waals surface area contributed by atoms with E-state index in [9.17, 15) is 13.2 Å². The van der Waals surface area contributed by atoms with Crippen molar-refractivity contribution in [1.29, 1.82) is 0 Å². The highest BCUT2D eigenvalue weighted by atomic mass is 35.5. The van der Waals surface area contributed by atoms with Gasteiger partial charge in [0.25, 0.3) is 10.0 Å². The molecule has 9 heteroatoms. The summed E-state index contributed by atoms with van der Waals surface area (Å²) in [5.74, 6) is -0.206. The lowest BCUT2D eigenvalue weighted by Crippen LogP contribution is -2.15. The molecule has 3 aromatic carbocycles.